The largest absolute Gasteiger partial charge is 0.492 e. The van der Waals surface area contributed by atoms with Gasteiger partial charge in [-0.05, 0) is 37.0 Å². The summed E-state index contributed by atoms with van der Waals surface area (Å²) < 4.78 is 0. The first kappa shape index (κ1) is 14.9. The van der Waals surface area contributed by atoms with Gasteiger partial charge in [-0.2, -0.15) is 4.98 Å². The van der Waals surface area contributed by atoms with Crippen molar-refractivity contribution < 1.29 is 5.11 Å². The number of anilines is 1. The van der Waals surface area contributed by atoms with Crippen LogP contribution in [0.2, 0.25) is 0 Å². The summed E-state index contributed by atoms with van der Waals surface area (Å²) >= 11 is 0. The van der Waals surface area contributed by atoms with Crippen molar-refractivity contribution in [1.29, 1.82) is 0 Å². The Bertz CT molecular complexity index is 807. The lowest BCUT2D eigenvalue weighted by Crippen LogP contribution is -2.26. The van der Waals surface area contributed by atoms with Gasteiger partial charge in [0.1, 0.15) is 5.69 Å². The highest BCUT2D eigenvalue weighted by Gasteiger charge is 2.20. The molecule has 124 valence electrons. The summed E-state index contributed by atoms with van der Waals surface area (Å²) in [4.78, 5) is 15.9. The van der Waals surface area contributed by atoms with Gasteiger partial charge in [0.15, 0.2) is 5.82 Å². The van der Waals surface area contributed by atoms with Crippen molar-refractivity contribution in [3.63, 3.8) is 0 Å². The molecule has 6 nitrogen and oxygen atoms in total. The van der Waals surface area contributed by atoms with Crippen molar-refractivity contribution >= 4 is 29.6 Å². The summed E-state index contributed by atoms with van der Waals surface area (Å²) in [5, 5.41) is 13.5. The topological polar surface area (TPSA) is 86.2 Å². The molecule has 2 atom stereocenters. The Morgan fingerprint density at radius 2 is 2.29 bits per heavy atom. The van der Waals surface area contributed by atoms with Gasteiger partial charge in [0.25, 0.3) is 0 Å². The fraction of sp³-hybridized carbons (Fsp3) is 0.389. The number of rotatable bonds is 3. The monoisotopic (exact) mass is 323 g/mol. The maximum Gasteiger partial charge on any atom is 0.238 e. The maximum atomic E-state index is 10.1. The number of pyridine rings is 1. The number of aromatic hydroxyl groups is 1. The molecule has 0 saturated heterocycles. The van der Waals surface area contributed by atoms with Crippen molar-refractivity contribution in [2.24, 2.45) is 10.9 Å². The van der Waals surface area contributed by atoms with Gasteiger partial charge < -0.3 is 15.4 Å². The van der Waals surface area contributed by atoms with E-state index < -0.39 is 0 Å². The van der Waals surface area contributed by atoms with Crippen LogP contribution in [0.1, 0.15) is 43.9 Å². The Kier molecular flexibility index (Phi) is 3.80. The number of H-pyrrole nitrogens is 1. The third-order valence-corrected chi connectivity index (χ3v) is 4.71. The zero-order valence-corrected chi connectivity index (χ0v) is 13.7. The summed E-state index contributed by atoms with van der Waals surface area (Å²) in [6, 6.07) is 4.26. The lowest BCUT2D eigenvalue weighted by Gasteiger charge is -2.27. The molecule has 0 bridgehead atoms. The Morgan fingerprint density at radius 1 is 1.38 bits per heavy atom. The molecule has 3 N–H and O–H groups in total. The average Bonchev–Trinajstić information content (AvgIpc) is 3.12. The minimum absolute atomic E-state index is 0.000372. The highest BCUT2D eigenvalue weighted by atomic mass is 16.3. The number of nitrogens with one attached hydrogen (secondary N) is 2. The van der Waals surface area contributed by atoms with E-state index in [1.165, 1.54) is 12.8 Å². The first-order valence-corrected chi connectivity index (χ1v) is 8.45. The summed E-state index contributed by atoms with van der Waals surface area (Å²) in [7, 11) is 0. The van der Waals surface area contributed by atoms with E-state index in [0.29, 0.717) is 23.5 Å². The van der Waals surface area contributed by atoms with E-state index in [9.17, 15) is 5.11 Å². The lowest BCUT2D eigenvalue weighted by atomic mass is 9.87. The van der Waals surface area contributed by atoms with Crippen molar-refractivity contribution in [1.82, 2.24) is 15.0 Å². The Hall–Kier alpha value is -2.63. The predicted octanol–water partition coefficient (Wildman–Crippen LogP) is 3.76. The molecule has 1 aliphatic heterocycles. The number of aromatic nitrogens is 3. The van der Waals surface area contributed by atoms with Crippen LogP contribution < -0.4 is 5.32 Å². The molecular weight excluding hydrogens is 302 g/mol. The fourth-order valence-electron chi connectivity index (χ4n) is 3.50. The minimum atomic E-state index is -0.000372. The molecule has 2 aromatic heterocycles. The number of nitrogens with zero attached hydrogens (tertiary/aromatic N) is 3. The second-order valence-corrected chi connectivity index (χ2v) is 6.67. The minimum Gasteiger partial charge on any atom is -0.492 e. The van der Waals surface area contributed by atoms with Crippen molar-refractivity contribution in [2.75, 3.05) is 5.32 Å². The molecule has 0 radical (unpaired) electrons. The summed E-state index contributed by atoms with van der Waals surface area (Å²) in [6.07, 6.45) is 10.2. The van der Waals surface area contributed by atoms with Crippen LogP contribution in [0.15, 0.2) is 23.3 Å². The third-order valence-electron chi connectivity index (χ3n) is 4.71. The standard InChI is InChI=1S/C18H21N5O/c1-11-4-2-5-13(8-11)21-18-22-15(17(24)23-18)9-12-10-20-16-14(12)6-3-7-19-16/h3,6-7,9-11,13,24H,2,4-5,8H2,1H3,(H2,21,22,23)/b12-9+. The van der Waals surface area contributed by atoms with E-state index in [1.54, 1.807) is 12.4 Å². The van der Waals surface area contributed by atoms with Crippen molar-refractivity contribution in [3.8, 4) is 5.88 Å². The fourth-order valence-corrected chi connectivity index (χ4v) is 3.50. The second-order valence-electron chi connectivity index (χ2n) is 6.67. The van der Waals surface area contributed by atoms with Gasteiger partial charge in [-0.25, -0.2) is 9.98 Å². The molecular formula is C18H21N5O. The third kappa shape index (κ3) is 2.91. The van der Waals surface area contributed by atoms with Crippen LogP contribution in [0.3, 0.4) is 0 Å². The zero-order valence-electron chi connectivity index (χ0n) is 13.7. The molecule has 1 fully saturated rings. The number of allylic oxidation sites excluding steroid dienone is 1. The van der Waals surface area contributed by atoms with E-state index in [-0.39, 0.29) is 5.88 Å². The van der Waals surface area contributed by atoms with Crippen LogP contribution in [0, 0.1) is 5.92 Å². The predicted molar refractivity (Wildman–Crippen MR) is 95.6 cm³/mol. The lowest BCUT2D eigenvalue weighted by molar-refractivity contribution is 0.357. The molecule has 2 aromatic rings. The number of aliphatic imine (C=N–C) groups is 1. The number of aromatic amines is 1. The van der Waals surface area contributed by atoms with Crippen LogP contribution in [0.4, 0.5) is 11.8 Å². The van der Waals surface area contributed by atoms with Gasteiger partial charge >= 0.3 is 0 Å². The van der Waals surface area contributed by atoms with E-state index in [4.69, 9.17) is 0 Å². The normalized spacial score (nSPS) is 24.3. The summed E-state index contributed by atoms with van der Waals surface area (Å²) in [6.45, 7) is 2.29. The first-order valence-electron chi connectivity index (χ1n) is 8.45. The van der Waals surface area contributed by atoms with Crippen LogP contribution in [0.5, 0.6) is 5.88 Å². The SMILES string of the molecule is CC1CCCC(Nc2nc(O)c(/C=C3\C=Nc4ncccc43)[nH]2)C1. The van der Waals surface area contributed by atoms with Gasteiger partial charge in [-0.3, -0.25) is 0 Å². The molecule has 2 aliphatic rings. The maximum absolute atomic E-state index is 10.1. The number of hydrogen-bond donors (Lipinski definition) is 3. The molecule has 1 aliphatic carbocycles. The zero-order chi connectivity index (χ0) is 16.5. The number of imidazole rings is 1. The molecule has 1 saturated carbocycles. The van der Waals surface area contributed by atoms with Gasteiger partial charge in [-0.1, -0.05) is 19.8 Å². The van der Waals surface area contributed by atoms with E-state index in [0.717, 1.165) is 29.9 Å². The molecule has 4 rings (SSSR count). The first-order chi connectivity index (χ1) is 11.7. The van der Waals surface area contributed by atoms with E-state index >= 15 is 0 Å². The average molecular weight is 323 g/mol. The van der Waals surface area contributed by atoms with Crippen LogP contribution >= 0.6 is 0 Å². The van der Waals surface area contributed by atoms with Gasteiger partial charge in [0.2, 0.25) is 11.8 Å². The van der Waals surface area contributed by atoms with Gasteiger partial charge in [-0.15, -0.1) is 0 Å². The second kappa shape index (κ2) is 6.11. The molecule has 0 spiro atoms. The van der Waals surface area contributed by atoms with Crippen molar-refractivity contribution in [3.05, 3.63) is 29.6 Å². The smallest absolute Gasteiger partial charge is 0.238 e. The van der Waals surface area contributed by atoms with Crippen LogP contribution in [-0.2, 0) is 0 Å². The Balaban J connectivity index is 1.54. The molecule has 24 heavy (non-hydrogen) atoms. The van der Waals surface area contributed by atoms with E-state index in [2.05, 4.69) is 32.2 Å². The highest BCUT2D eigenvalue weighted by Crippen LogP contribution is 2.32. The van der Waals surface area contributed by atoms with Crippen molar-refractivity contribution in [2.45, 2.75) is 38.6 Å². The van der Waals surface area contributed by atoms with E-state index in [1.807, 2.05) is 18.2 Å². The van der Waals surface area contributed by atoms with Gasteiger partial charge in [0, 0.05) is 29.6 Å². The Morgan fingerprint density at radius 3 is 3.17 bits per heavy atom. The highest BCUT2D eigenvalue weighted by molar-refractivity contribution is 6.20. The molecule has 6 heteroatoms. The number of hydrogen-bond acceptors (Lipinski definition) is 5. The molecule has 2 unspecified atom stereocenters. The molecule has 3 heterocycles. The quantitative estimate of drug-likeness (QED) is 0.803. The summed E-state index contributed by atoms with van der Waals surface area (Å²) in [5.74, 6) is 2.07. The summed E-state index contributed by atoms with van der Waals surface area (Å²) in [5.41, 5.74) is 2.46. The Labute approximate surface area is 140 Å². The van der Waals surface area contributed by atoms with Crippen LogP contribution in [0.25, 0.3) is 11.6 Å². The van der Waals surface area contributed by atoms with Crippen LogP contribution in [-0.4, -0.2) is 32.3 Å². The molecule has 0 aromatic carbocycles. The molecule has 0 amide bonds. The van der Waals surface area contributed by atoms with Gasteiger partial charge in [0.05, 0.1) is 0 Å². The number of fused-ring (bicyclic) bond motifs is 1.